The van der Waals surface area contributed by atoms with E-state index in [-0.39, 0.29) is 25.3 Å². The van der Waals surface area contributed by atoms with E-state index in [0.717, 1.165) is 33.8 Å². The lowest BCUT2D eigenvalue weighted by molar-refractivity contribution is -0.141. The Balaban J connectivity index is 1.37. The maximum absolute atomic E-state index is 13.0. The number of para-hydroxylation sites is 1. The van der Waals surface area contributed by atoms with Gasteiger partial charge >= 0.3 is 5.97 Å². The number of ether oxygens (including phenoxy) is 2. The highest BCUT2D eigenvalue weighted by atomic mass is 32.2. The van der Waals surface area contributed by atoms with Crippen LogP contribution in [0.5, 0.6) is 11.5 Å². The number of carboxylic acid groups (broad SMARTS) is 1. The molecule has 2 amide bonds. The highest BCUT2D eigenvalue weighted by molar-refractivity contribution is 8.26. The van der Waals surface area contributed by atoms with Crippen LogP contribution < -0.4 is 14.8 Å². The number of hydrogen-bond donors (Lipinski definition) is 3. The lowest BCUT2D eigenvalue weighted by atomic mass is 10.0. The van der Waals surface area contributed by atoms with Crippen molar-refractivity contribution < 1.29 is 29.0 Å². The van der Waals surface area contributed by atoms with Gasteiger partial charge < -0.3 is 24.9 Å². The fourth-order valence-electron chi connectivity index (χ4n) is 4.09. The summed E-state index contributed by atoms with van der Waals surface area (Å²) in [6, 6.07) is 11.8. The van der Waals surface area contributed by atoms with Gasteiger partial charge in [-0.1, -0.05) is 48.2 Å². The molecule has 1 fully saturated rings. The van der Waals surface area contributed by atoms with Gasteiger partial charge in [0.15, 0.2) is 11.5 Å². The van der Waals surface area contributed by atoms with Gasteiger partial charge in [-0.3, -0.25) is 14.5 Å². The fourth-order valence-corrected chi connectivity index (χ4v) is 5.40. The predicted molar refractivity (Wildman–Crippen MR) is 150 cm³/mol. The molecule has 0 bridgehead atoms. The molecule has 9 nitrogen and oxygen atoms in total. The second-order valence-electron chi connectivity index (χ2n) is 8.45. The molecule has 1 aliphatic rings. The lowest BCUT2D eigenvalue weighted by Gasteiger charge is -2.17. The molecule has 1 aromatic heterocycles. The Morgan fingerprint density at radius 2 is 2.03 bits per heavy atom. The van der Waals surface area contributed by atoms with Crippen LogP contribution in [0, 0.1) is 0 Å². The van der Waals surface area contributed by atoms with E-state index >= 15 is 0 Å². The van der Waals surface area contributed by atoms with Gasteiger partial charge in [-0.15, -0.1) is 0 Å². The Kier molecular flexibility index (Phi) is 8.70. The largest absolute Gasteiger partial charge is 0.493 e. The molecular formula is C27H27N3O6S2. The van der Waals surface area contributed by atoms with E-state index in [1.807, 2.05) is 37.3 Å². The maximum atomic E-state index is 13.0. The molecule has 0 aliphatic carbocycles. The predicted octanol–water partition coefficient (Wildman–Crippen LogP) is 3.98. The summed E-state index contributed by atoms with van der Waals surface area (Å²) in [4.78, 5) is 42.4. The molecule has 3 N–H and O–H groups in total. The molecule has 0 saturated carbocycles. The van der Waals surface area contributed by atoms with E-state index in [1.54, 1.807) is 31.5 Å². The van der Waals surface area contributed by atoms with E-state index in [1.165, 1.54) is 4.90 Å². The van der Waals surface area contributed by atoms with Crippen molar-refractivity contribution in [2.75, 3.05) is 20.3 Å². The molecule has 11 heteroatoms. The molecule has 4 rings (SSSR count). The minimum atomic E-state index is -1.14. The first kappa shape index (κ1) is 27.2. The van der Waals surface area contributed by atoms with E-state index in [9.17, 15) is 19.5 Å². The number of carbonyl (C=O) groups excluding carboxylic acids is 2. The van der Waals surface area contributed by atoms with Crippen molar-refractivity contribution in [2.45, 2.75) is 25.8 Å². The van der Waals surface area contributed by atoms with Crippen LogP contribution in [0.3, 0.4) is 0 Å². The fraction of sp³-hybridized carbons (Fsp3) is 0.259. The molecular weight excluding hydrogens is 526 g/mol. The topological polar surface area (TPSA) is 121 Å². The zero-order valence-corrected chi connectivity index (χ0v) is 22.5. The molecule has 198 valence electrons. The van der Waals surface area contributed by atoms with Crippen LogP contribution in [-0.2, 0) is 20.8 Å². The first-order chi connectivity index (χ1) is 18.3. The van der Waals surface area contributed by atoms with Crippen molar-refractivity contribution >= 4 is 63.1 Å². The van der Waals surface area contributed by atoms with Crippen molar-refractivity contribution in [1.82, 2.24) is 15.2 Å². The van der Waals surface area contributed by atoms with E-state index in [0.29, 0.717) is 27.3 Å². The van der Waals surface area contributed by atoms with E-state index in [2.05, 4.69) is 10.3 Å². The van der Waals surface area contributed by atoms with Crippen molar-refractivity contribution in [1.29, 1.82) is 0 Å². The van der Waals surface area contributed by atoms with Gasteiger partial charge in [0, 0.05) is 36.5 Å². The zero-order chi connectivity index (χ0) is 27.2. The smallest absolute Gasteiger partial charge is 0.326 e. The lowest BCUT2D eigenvalue weighted by Crippen LogP contribution is -2.43. The summed E-state index contributed by atoms with van der Waals surface area (Å²) in [5, 5.41) is 13.2. The van der Waals surface area contributed by atoms with Crippen molar-refractivity contribution in [3.63, 3.8) is 0 Å². The number of nitrogens with one attached hydrogen (secondary N) is 2. The SMILES string of the molecule is CCOc1ccc(/C=C2/SC(=S)N(CCC(=O)N[C@@H](Cc3c[nH]c4ccccc34)C(=O)O)C2=O)cc1OC. The number of benzene rings is 2. The average molecular weight is 554 g/mol. The van der Waals surface area contributed by atoms with E-state index in [4.69, 9.17) is 21.7 Å². The third kappa shape index (κ3) is 6.17. The monoisotopic (exact) mass is 553 g/mol. The number of fused-ring (bicyclic) bond motifs is 1. The highest BCUT2D eigenvalue weighted by Gasteiger charge is 2.32. The summed E-state index contributed by atoms with van der Waals surface area (Å²) >= 11 is 6.52. The number of thioether (sulfide) groups is 1. The summed E-state index contributed by atoms with van der Waals surface area (Å²) in [7, 11) is 1.54. The summed E-state index contributed by atoms with van der Waals surface area (Å²) in [5.41, 5.74) is 2.43. The van der Waals surface area contributed by atoms with Crippen molar-refractivity contribution in [3.8, 4) is 11.5 Å². The Morgan fingerprint density at radius 1 is 1.24 bits per heavy atom. The molecule has 0 radical (unpaired) electrons. The third-order valence-electron chi connectivity index (χ3n) is 5.95. The molecule has 0 unspecified atom stereocenters. The van der Waals surface area contributed by atoms with Crippen molar-refractivity contribution in [2.24, 2.45) is 0 Å². The second-order valence-corrected chi connectivity index (χ2v) is 10.1. The standard InChI is InChI=1S/C27H27N3O6S2/c1-3-36-21-9-8-16(12-22(21)35-2)13-23-25(32)30(27(37)38-23)11-10-24(31)29-20(26(33)34)14-17-15-28-19-7-5-4-6-18(17)19/h4-9,12-13,15,20,28H,3,10-11,14H2,1-2H3,(H,29,31)(H,33,34)/b23-13+/t20-/m0/s1. The number of amides is 2. The van der Waals surface area contributed by atoms with Crippen molar-refractivity contribution in [3.05, 3.63) is 64.7 Å². The van der Waals surface area contributed by atoms with Gasteiger partial charge in [0.25, 0.3) is 5.91 Å². The summed E-state index contributed by atoms with van der Waals surface area (Å²) < 4.78 is 11.2. The number of aromatic nitrogens is 1. The number of aliphatic carboxylic acids is 1. The third-order valence-corrected chi connectivity index (χ3v) is 7.33. The average Bonchev–Trinajstić information content (AvgIpc) is 3.43. The van der Waals surface area contributed by atoms with Gasteiger partial charge in [0.1, 0.15) is 10.4 Å². The normalized spacial score (nSPS) is 15.2. The Labute approximate surface area is 229 Å². The number of thiocarbonyl (C=S) groups is 1. The first-order valence-corrected chi connectivity index (χ1v) is 13.2. The Bertz CT molecular complexity index is 1420. The molecule has 3 aromatic rings. The quantitative estimate of drug-likeness (QED) is 0.241. The maximum Gasteiger partial charge on any atom is 0.326 e. The van der Waals surface area contributed by atoms with Gasteiger partial charge in [-0.25, -0.2) is 4.79 Å². The minimum Gasteiger partial charge on any atom is -0.493 e. The molecule has 0 spiro atoms. The molecule has 38 heavy (non-hydrogen) atoms. The highest BCUT2D eigenvalue weighted by Crippen LogP contribution is 2.35. The molecule has 1 saturated heterocycles. The number of aromatic amines is 1. The van der Waals surface area contributed by atoms with Crippen LogP contribution in [-0.4, -0.2) is 63.4 Å². The number of carbonyl (C=O) groups is 3. The van der Waals surface area contributed by atoms with Crippen LogP contribution in [0.25, 0.3) is 17.0 Å². The minimum absolute atomic E-state index is 0.0415. The molecule has 2 aromatic carbocycles. The molecule has 2 heterocycles. The zero-order valence-electron chi connectivity index (χ0n) is 20.9. The number of nitrogens with zero attached hydrogens (tertiary/aromatic N) is 1. The number of methoxy groups -OCH3 is 1. The number of hydrogen-bond acceptors (Lipinski definition) is 7. The number of carboxylic acids is 1. The van der Waals surface area contributed by atoms with Crippen LogP contribution in [0.2, 0.25) is 0 Å². The number of rotatable bonds is 11. The Hall–Kier alpha value is -3.83. The van der Waals surface area contributed by atoms with Crippen LogP contribution in [0.4, 0.5) is 0 Å². The number of H-pyrrole nitrogens is 1. The summed E-state index contributed by atoms with van der Waals surface area (Å²) in [6.07, 6.45) is 3.49. The van der Waals surface area contributed by atoms with E-state index < -0.39 is 17.9 Å². The molecule has 1 aliphatic heterocycles. The van der Waals surface area contributed by atoms with Gasteiger partial charge in [0.05, 0.1) is 18.6 Å². The van der Waals surface area contributed by atoms with Gasteiger partial charge in [0.2, 0.25) is 5.91 Å². The van der Waals surface area contributed by atoms with Crippen LogP contribution >= 0.6 is 24.0 Å². The Morgan fingerprint density at radius 3 is 2.76 bits per heavy atom. The van der Waals surface area contributed by atoms with Crippen LogP contribution in [0.1, 0.15) is 24.5 Å². The second kappa shape index (κ2) is 12.1. The summed E-state index contributed by atoms with van der Waals surface area (Å²) in [5.74, 6) is -0.771. The summed E-state index contributed by atoms with van der Waals surface area (Å²) in [6.45, 7) is 2.42. The van der Waals surface area contributed by atoms with Gasteiger partial charge in [-0.2, -0.15) is 0 Å². The van der Waals surface area contributed by atoms with Gasteiger partial charge in [-0.05, 0) is 42.3 Å². The molecule has 1 atom stereocenters. The first-order valence-electron chi connectivity index (χ1n) is 11.9. The van der Waals surface area contributed by atoms with Crippen LogP contribution in [0.15, 0.2) is 53.6 Å².